The second-order valence-corrected chi connectivity index (χ2v) is 10.5. The highest BCUT2D eigenvalue weighted by Crippen LogP contribution is 2.20. The smallest absolute Gasteiger partial charge is 0.243 e. The Labute approximate surface area is 251 Å². The summed E-state index contributed by atoms with van der Waals surface area (Å²) in [6, 6.07) is -2.22. The van der Waals surface area contributed by atoms with Crippen LogP contribution in [0.1, 0.15) is 72.1 Å². The summed E-state index contributed by atoms with van der Waals surface area (Å²) < 4.78 is 5.07. The molecule has 0 spiro atoms. The number of allylic oxidation sites excluding steroid dienone is 12. The van der Waals surface area contributed by atoms with Crippen molar-refractivity contribution in [3.8, 4) is 0 Å². The quantitative estimate of drug-likeness (QED) is 0.127. The molecule has 0 aliphatic carbocycles. The van der Waals surface area contributed by atoms with E-state index in [4.69, 9.17) is 4.74 Å². The molecule has 0 aromatic carbocycles. The molecule has 6 atom stereocenters. The van der Waals surface area contributed by atoms with E-state index in [2.05, 4.69) is 78.3 Å². The molecule has 0 aromatic rings. The van der Waals surface area contributed by atoms with Crippen molar-refractivity contribution < 1.29 is 34.8 Å². The molecule has 1 heterocycles. The number of carbonyl (C=O) groups excluding carboxylic acids is 2. The van der Waals surface area contributed by atoms with Crippen LogP contribution in [0.3, 0.4) is 0 Å². The number of aliphatic hydroxyl groups excluding tert-OH is 4. The van der Waals surface area contributed by atoms with Crippen LogP contribution >= 0.6 is 0 Å². The van der Waals surface area contributed by atoms with Gasteiger partial charge < -0.3 is 35.8 Å². The van der Waals surface area contributed by atoms with Gasteiger partial charge in [0.25, 0.3) is 0 Å². The SMILES string of the molecule is CC/C=C\C/C=C\C/C=C\C/C=C\C/C=C\C/C=C\CCC(=O)N[C@H](C(=O)NC1[C@H](O)OC(CO)[C@@H](O)[C@H]1O)C(C)C. The molecule has 9 heteroatoms. The first-order chi connectivity index (χ1) is 20.2. The molecule has 1 rings (SSSR count). The van der Waals surface area contributed by atoms with E-state index in [1.807, 2.05) is 12.2 Å². The van der Waals surface area contributed by atoms with Crippen molar-refractivity contribution in [1.29, 1.82) is 0 Å². The summed E-state index contributed by atoms with van der Waals surface area (Å²) in [7, 11) is 0. The third-order valence-electron chi connectivity index (χ3n) is 6.61. The molecule has 6 N–H and O–H groups in total. The maximum Gasteiger partial charge on any atom is 0.243 e. The molecule has 1 aliphatic heterocycles. The van der Waals surface area contributed by atoms with Crippen molar-refractivity contribution in [1.82, 2.24) is 10.6 Å². The third-order valence-corrected chi connectivity index (χ3v) is 6.61. The summed E-state index contributed by atoms with van der Waals surface area (Å²) in [6.07, 6.45) is 25.9. The fraction of sp³-hybridized carbons (Fsp3) is 0.576. The van der Waals surface area contributed by atoms with Gasteiger partial charge in [-0.25, -0.2) is 0 Å². The number of nitrogens with one attached hydrogen (secondary N) is 2. The standard InChI is InChI=1S/C33H52N2O7/c1-4-5-6-7-8-9-10-11-12-13-14-15-16-17-18-19-20-21-22-23-27(37)34-28(25(2)3)32(40)35-29-31(39)30(38)26(24-36)42-33(29)41/h5-6,8-9,11-12,14-15,17-18,20-21,25-26,28-31,33,36,38-39,41H,4,7,10,13,16,19,22-24H2,1-3H3,(H,34,37)(H,35,40)/b6-5-,9-8-,12-11-,15-14-,18-17-,21-20-/t26?,28-,29?,30+,31-,33+/m0/s1. The van der Waals surface area contributed by atoms with E-state index in [0.29, 0.717) is 6.42 Å². The third kappa shape index (κ3) is 15.4. The minimum Gasteiger partial charge on any atom is -0.394 e. The monoisotopic (exact) mass is 588 g/mol. The fourth-order valence-electron chi connectivity index (χ4n) is 4.14. The van der Waals surface area contributed by atoms with Crippen LogP contribution in [-0.2, 0) is 14.3 Å². The number of aliphatic hydroxyl groups is 4. The molecule has 0 saturated carbocycles. The molecule has 42 heavy (non-hydrogen) atoms. The van der Waals surface area contributed by atoms with Crippen LogP contribution in [0.15, 0.2) is 72.9 Å². The summed E-state index contributed by atoms with van der Waals surface area (Å²) in [5.74, 6) is -1.19. The van der Waals surface area contributed by atoms with Crippen LogP contribution in [-0.4, -0.2) is 75.5 Å². The second kappa shape index (κ2) is 22.7. The highest BCUT2D eigenvalue weighted by molar-refractivity contribution is 5.88. The van der Waals surface area contributed by atoms with E-state index in [1.165, 1.54) is 0 Å². The van der Waals surface area contributed by atoms with Gasteiger partial charge in [0.1, 0.15) is 30.4 Å². The highest BCUT2D eigenvalue weighted by atomic mass is 16.6. The number of hydrogen-bond acceptors (Lipinski definition) is 7. The molecule has 1 fully saturated rings. The zero-order chi connectivity index (χ0) is 31.2. The van der Waals surface area contributed by atoms with Crippen molar-refractivity contribution >= 4 is 11.8 Å². The van der Waals surface area contributed by atoms with Crippen molar-refractivity contribution in [2.45, 2.75) is 109 Å². The Bertz CT molecular complexity index is 939. The first-order valence-corrected chi connectivity index (χ1v) is 15.0. The number of rotatable bonds is 19. The minimum atomic E-state index is -1.62. The summed E-state index contributed by atoms with van der Waals surface area (Å²) in [5.41, 5.74) is 0. The van der Waals surface area contributed by atoms with Crippen molar-refractivity contribution in [3.63, 3.8) is 0 Å². The normalized spacial score (nSPS) is 24.3. The molecule has 2 unspecified atom stereocenters. The summed E-state index contributed by atoms with van der Waals surface area (Å²) in [6.45, 7) is 5.05. The molecule has 0 aromatic heterocycles. The lowest BCUT2D eigenvalue weighted by atomic mass is 9.95. The Balaban J connectivity index is 2.29. The highest BCUT2D eigenvalue weighted by Gasteiger charge is 2.45. The number of hydrogen-bond donors (Lipinski definition) is 6. The van der Waals surface area contributed by atoms with Gasteiger partial charge in [0, 0.05) is 6.42 Å². The molecule has 236 valence electrons. The first kappa shape index (κ1) is 37.2. The molecule has 1 saturated heterocycles. The van der Waals surface area contributed by atoms with Crippen molar-refractivity contribution in [2.75, 3.05) is 6.61 Å². The van der Waals surface area contributed by atoms with Gasteiger partial charge in [-0.2, -0.15) is 0 Å². The molecule has 2 amide bonds. The van der Waals surface area contributed by atoms with E-state index in [1.54, 1.807) is 13.8 Å². The van der Waals surface area contributed by atoms with E-state index < -0.39 is 49.2 Å². The van der Waals surface area contributed by atoms with Gasteiger partial charge in [0.15, 0.2) is 6.29 Å². The summed E-state index contributed by atoms with van der Waals surface area (Å²) in [4.78, 5) is 25.3. The van der Waals surface area contributed by atoms with Gasteiger partial charge in [-0.05, 0) is 50.9 Å². The van der Waals surface area contributed by atoms with Crippen LogP contribution in [0, 0.1) is 5.92 Å². The molecule has 0 bridgehead atoms. The summed E-state index contributed by atoms with van der Waals surface area (Å²) >= 11 is 0. The first-order valence-electron chi connectivity index (χ1n) is 15.0. The van der Waals surface area contributed by atoms with Crippen LogP contribution < -0.4 is 10.6 Å². The van der Waals surface area contributed by atoms with Gasteiger partial charge in [0.2, 0.25) is 11.8 Å². The summed E-state index contributed by atoms with van der Waals surface area (Å²) in [5, 5.41) is 44.8. The van der Waals surface area contributed by atoms with Crippen LogP contribution in [0.4, 0.5) is 0 Å². The van der Waals surface area contributed by atoms with E-state index >= 15 is 0 Å². The maximum absolute atomic E-state index is 12.8. The molecular formula is C33H52N2O7. The average molecular weight is 589 g/mol. The molecule has 1 aliphatic rings. The topological polar surface area (TPSA) is 148 Å². The van der Waals surface area contributed by atoms with E-state index in [0.717, 1.165) is 38.5 Å². The van der Waals surface area contributed by atoms with Crippen LogP contribution in [0.25, 0.3) is 0 Å². The van der Waals surface area contributed by atoms with Crippen molar-refractivity contribution in [2.24, 2.45) is 5.92 Å². The Hall–Kier alpha value is -2.82. The van der Waals surface area contributed by atoms with Crippen molar-refractivity contribution in [3.05, 3.63) is 72.9 Å². The lowest BCUT2D eigenvalue weighted by molar-refractivity contribution is -0.254. The zero-order valence-electron chi connectivity index (χ0n) is 25.3. The number of amides is 2. The van der Waals surface area contributed by atoms with Gasteiger partial charge in [0.05, 0.1) is 6.61 Å². The predicted molar refractivity (Wildman–Crippen MR) is 166 cm³/mol. The molecular weight excluding hydrogens is 536 g/mol. The van der Waals surface area contributed by atoms with Gasteiger partial charge in [-0.3, -0.25) is 9.59 Å². The predicted octanol–water partition coefficient (Wildman–Crippen LogP) is 3.52. The maximum atomic E-state index is 12.8. The van der Waals surface area contributed by atoms with E-state index in [9.17, 15) is 30.0 Å². The average Bonchev–Trinajstić information content (AvgIpc) is 2.96. The lowest BCUT2D eigenvalue weighted by Crippen LogP contribution is -2.66. The Kier molecular flexibility index (Phi) is 20.1. The van der Waals surface area contributed by atoms with Crippen LogP contribution in [0.5, 0.6) is 0 Å². The number of ether oxygens (including phenoxy) is 1. The lowest BCUT2D eigenvalue weighted by Gasteiger charge is -2.40. The van der Waals surface area contributed by atoms with Gasteiger partial charge in [-0.1, -0.05) is 93.7 Å². The van der Waals surface area contributed by atoms with Gasteiger partial charge >= 0.3 is 0 Å². The second-order valence-electron chi connectivity index (χ2n) is 10.5. The van der Waals surface area contributed by atoms with Crippen LogP contribution in [0.2, 0.25) is 0 Å². The Morgan fingerprint density at radius 3 is 1.69 bits per heavy atom. The fourth-order valence-corrected chi connectivity index (χ4v) is 4.14. The largest absolute Gasteiger partial charge is 0.394 e. The molecule has 0 radical (unpaired) electrons. The molecule has 9 nitrogen and oxygen atoms in total. The minimum absolute atomic E-state index is 0.202. The Morgan fingerprint density at radius 1 is 0.762 bits per heavy atom. The zero-order valence-corrected chi connectivity index (χ0v) is 25.3. The number of carbonyl (C=O) groups is 2. The van der Waals surface area contributed by atoms with Gasteiger partial charge in [-0.15, -0.1) is 0 Å². The van der Waals surface area contributed by atoms with E-state index in [-0.39, 0.29) is 18.2 Å². The Morgan fingerprint density at radius 2 is 1.24 bits per heavy atom.